The molecule has 4 N–H and O–H groups in total. The lowest BCUT2D eigenvalue weighted by Crippen LogP contribution is -2.34. The molecule has 1 heterocycles. The molecule has 0 saturated heterocycles. The Hall–Kier alpha value is -2.69. The van der Waals surface area contributed by atoms with Crippen molar-refractivity contribution in [1.29, 1.82) is 5.41 Å². The van der Waals surface area contributed by atoms with Crippen LogP contribution in [0.4, 0.5) is 0 Å². The first-order valence-corrected chi connectivity index (χ1v) is 8.62. The maximum absolute atomic E-state index is 8.48. The normalized spacial score (nSPS) is 12.4. The van der Waals surface area contributed by atoms with E-state index in [0.717, 1.165) is 15.8 Å². The van der Waals surface area contributed by atoms with Crippen LogP contribution in [-0.2, 0) is 0 Å². The third kappa shape index (κ3) is 2.56. The number of thiophene rings is 1. The second-order valence-corrected chi connectivity index (χ2v) is 6.74. The van der Waals surface area contributed by atoms with Crippen molar-refractivity contribution in [3.63, 3.8) is 0 Å². The van der Waals surface area contributed by atoms with Crippen molar-refractivity contribution in [3.05, 3.63) is 83.9 Å². The van der Waals surface area contributed by atoms with Gasteiger partial charge in [-0.25, -0.2) is 0 Å². The van der Waals surface area contributed by atoms with Crippen molar-refractivity contribution < 1.29 is 0 Å². The van der Waals surface area contributed by atoms with Crippen molar-refractivity contribution in [1.82, 2.24) is 5.32 Å². The molecule has 0 fully saturated rings. The fourth-order valence-electron chi connectivity index (χ4n) is 2.92. The molecule has 24 heavy (non-hydrogen) atoms. The number of fused-ring (bicyclic) bond motifs is 3. The number of amidine groups is 1. The maximum atomic E-state index is 8.48. The van der Waals surface area contributed by atoms with Crippen molar-refractivity contribution >= 4 is 37.3 Å². The highest BCUT2D eigenvalue weighted by Gasteiger charge is 2.14. The number of hydrogen-bond donors (Lipinski definition) is 3. The Labute approximate surface area is 144 Å². The highest BCUT2D eigenvalue weighted by atomic mass is 32.1. The first kappa shape index (κ1) is 14.9. The van der Waals surface area contributed by atoms with Gasteiger partial charge in [0.1, 0.15) is 12.0 Å². The fourth-order valence-corrected chi connectivity index (χ4v) is 4.14. The second-order valence-electron chi connectivity index (χ2n) is 5.69. The van der Waals surface area contributed by atoms with Crippen LogP contribution in [0.15, 0.2) is 72.8 Å². The van der Waals surface area contributed by atoms with Gasteiger partial charge in [-0.2, -0.15) is 0 Å². The van der Waals surface area contributed by atoms with Crippen LogP contribution in [0.5, 0.6) is 0 Å². The molecular weight excluding hydrogens is 314 g/mol. The number of benzene rings is 3. The van der Waals surface area contributed by atoms with E-state index in [2.05, 4.69) is 29.6 Å². The van der Waals surface area contributed by atoms with Crippen LogP contribution in [0.2, 0.25) is 0 Å². The summed E-state index contributed by atoms with van der Waals surface area (Å²) in [5.74, 6) is 0.350. The first-order chi connectivity index (χ1) is 11.7. The maximum Gasteiger partial charge on any atom is 0.128 e. The predicted octanol–water partition coefficient (Wildman–Crippen LogP) is 4.63. The van der Waals surface area contributed by atoms with Gasteiger partial charge in [0, 0.05) is 25.7 Å². The number of hydrogen-bond acceptors (Lipinski definition) is 3. The summed E-state index contributed by atoms with van der Waals surface area (Å²) in [4.78, 5) is 0. The molecule has 0 aliphatic carbocycles. The first-order valence-electron chi connectivity index (χ1n) is 7.80. The van der Waals surface area contributed by atoms with Gasteiger partial charge in [0.25, 0.3) is 0 Å². The van der Waals surface area contributed by atoms with Crippen molar-refractivity contribution in [2.24, 2.45) is 5.73 Å². The van der Waals surface area contributed by atoms with Gasteiger partial charge < -0.3 is 11.1 Å². The topological polar surface area (TPSA) is 61.9 Å². The molecule has 0 amide bonds. The van der Waals surface area contributed by atoms with E-state index in [0.29, 0.717) is 5.84 Å². The van der Waals surface area contributed by atoms with Crippen LogP contribution in [0.25, 0.3) is 20.2 Å². The minimum absolute atomic E-state index is 0.350. The summed E-state index contributed by atoms with van der Waals surface area (Å²) in [5.41, 5.74) is 8.06. The van der Waals surface area contributed by atoms with Gasteiger partial charge in [-0.3, -0.25) is 5.41 Å². The molecule has 0 saturated carbocycles. The molecule has 118 valence electrons. The van der Waals surface area contributed by atoms with Crippen molar-refractivity contribution in [3.8, 4) is 0 Å². The average molecular weight is 331 g/mol. The summed E-state index contributed by atoms with van der Waals surface area (Å²) in [6.45, 7) is 0. The van der Waals surface area contributed by atoms with Gasteiger partial charge in [0.15, 0.2) is 0 Å². The van der Waals surface area contributed by atoms with E-state index in [-0.39, 0.29) is 0 Å². The summed E-state index contributed by atoms with van der Waals surface area (Å²) in [6.07, 6.45) is -0.400. The lowest BCUT2D eigenvalue weighted by atomic mass is 10.1. The third-order valence-electron chi connectivity index (χ3n) is 4.13. The SMILES string of the molecule is N=C(NC(N)c1ccccc1)c1cccc2c1sc1ccccc12. The zero-order valence-electron chi connectivity index (χ0n) is 13.0. The molecule has 4 heteroatoms. The van der Waals surface area contributed by atoms with Gasteiger partial charge in [0.05, 0.1) is 0 Å². The van der Waals surface area contributed by atoms with Crippen molar-refractivity contribution in [2.75, 3.05) is 0 Å². The zero-order valence-corrected chi connectivity index (χ0v) is 13.8. The van der Waals surface area contributed by atoms with Crippen LogP contribution in [0.3, 0.4) is 0 Å². The van der Waals surface area contributed by atoms with E-state index in [1.54, 1.807) is 11.3 Å². The second kappa shape index (κ2) is 6.07. The molecule has 0 radical (unpaired) electrons. The quantitative estimate of drug-likeness (QED) is 0.291. The Morgan fingerprint density at radius 2 is 1.58 bits per heavy atom. The number of nitrogens with one attached hydrogen (secondary N) is 2. The Bertz CT molecular complexity index is 1020. The van der Waals surface area contributed by atoms with E-state index in [4.69, 9.17) is 11.1 Å². The molecule has 0 bridgehead atoms. The highest BCUT2D eigenvalue weighted by Crippen LogP contribution is 2.35. The molecule has 1 aromatic heterocycles. The molecule has 0 aliphatic heterocycles. The minimum atomic E-state index is -0.400. The lowest BCUT2D eigenvalue weighted by Gasteiger charge is -2.16. The molecule has 3 aromatic carbocycles. The summed E-state index contributed by atoms with van der Waals surface area (Å²) in [6, 6.07) is 24.2. The molecule has 1 atom stereocenters. The zero-order chi connectivity index (χ0) is 16.5. The molecule has 3 nitrogen and oxygen atoms in total. The molecule has 4 aromatic rings. The fraction of sp³-hybridized carbons (Fsp3) is 0.0500. The monoisotopic (exact) mass is 331 g/mol. The third-order valence-corrected chi connectivity index (χ3v) is 5.35. The minimum Gasteiger partial charge on any atom is -0.351 e. The number of rotatable bonds is 3. The summed E-state index contributed by atoms with van der Waals surface area (Å²) < 4.78 is 2.36. The Kier molecular flexibility index (Phi) is 3.76. The lowest BCUT2D eigenvalue weighted by molar-refractivity contribution is 0.680. The van der Waals surface area contributed by atoms with Crippen LogP contribution < -0.4 is 11.1 Å². The summed E-state index contributed by atoms with van der Waals surface area (Å²) >= 11 is 1.72. The van der Waals surface area contributed by atoms with E-state index >= 15 is 0 Å². The smallest absolute Gasteiger partial charge is 0.128 e. The molecule has 1 unspecified atom stereocenters. The van der Waals surface area contributed by atoms with E-state index in [1.165, 1.54) is 15.5 Å². The Morgan fingerprint density at radius 3 is 2.42 bits per heavy atom. The Balaban J connectivity index is 1.72. The summed E-state index contributed by atoms with van der Waals surface area (Å²) in [7, 11) is 0. The van der Waals surface area contributed by atoms with Gasteiger partial charge >= 0.3 is 0 Å². The van der Waals surface area contributed by atoms with E-state index in [9.17, 15) is 0 Å². The Morgan fingerprint density at radius 1 is 0.875 bits per heavy atom. The standard InChI is InChI=1S/C20H17N3S/c21-19(13-7-2-1-3-8-13)23-20(22)16-11-6-10-15-14-9-4-5-12-17(14)24-18(15)16/h1-12,19H,21H2,(H2,22,23). The van der Waals surface area contributed by atoms with Crippen molar-refractivity contribution in [2.45, 2.75) is 6.17 Å². The van der Waals surface area contributed by atoms with Crippen LogP contribution >= 0.6 is 11.3 Å². The van der Waals surface area contributed by atoms with Crippen LogP contribution in [0.1, 0.15) is 17.3 Å². The summed E-state index contributed by atoms with van der Waals surface area (Å²) in [5, 5.41) is 14.0. The van der Waals surface area contributed by atoms with Crippen LogP contribution in [-0.4, -0.2) is 5.84 Å². The average Bonchev–Trinajstić information content (AvgIpc) is 3.01. The van der Waals surface area contributed by atoms with E-state index in [1.807, 2.05) is 48.5 Å². The van der Waals surface area contributed by atoms with E-state index < -0.39 is 6.17 Å². The molecule has 4 rings (SSSR count). The van der Waals surface area contributed by atoms with Gasteiger partial charge in [-0.1, -0.05) is 60.7 Å². The molecular formula is C20H17N3S. The van der Waals surface area contributed by atoms with Gasteiger partial charge in [0.2, 0.25) is 0 Å². The van der Waals surface area contributed by atoms with Gasteiger partial charge in [-0.15, -0.1) is 11.3 Å². The highest BCUT2D eigenvalue weighted by molar-refractivity contribution is 7.26. The molecule has 0 aliphatic rings. The van der Waals surface area contributed by atoms with Crippen LogP contribution in [0, 0.1) is 5.41 Å². The predicted molar refractivity (Wildman–Crippen MR) is 103 cm³/mol. The largest absolute Gasteiger partial charge is 0.351 e. The molecule has 0 spiro atoms. The van der Waals surface area contributed by atoms with Gasteiger partial charge in [-0.05, 0) is 17.7 Å². The number of nitrogens with two attached hydrogens (primary N) is 1.